The number of aliphatic hydroxyl groups excluding tert-OH is 1. The fourth-order valence-electron chi connectivity index (χ4n) is 4.78. The van der Waals surface area contributed by atoms with E-state index in [0.29, 0.717) is 46.4 Å². The number of ketones is 1. The van der Waals surface area contributed by atoms with E-state index >= 15 is 0 Å². The molecule has 4 aromatic rings. The van der Waals surface area contributed by atoms with Gasteiger partial charge in [-0.25, -0.2) is 4.39 Å². The normalized spacial score (nSPS) is 10.9. The summed E-state index contributed by atoms with van der Waals surface area (Å²) in [6.45, 7) is 2.13. The number of benzene rings is 3. The standard InChI is InChI=1S/C33H32ClFN4O5/c1-21(41)44-32-14-25-29(16-31(32)43-2)37-18-24(17-36)33(25)38-28-15-26(34)27(35)13-23(28)19-39(11-7-4-8-12-40)20-30(42)22-9-5-3-6-10-22/h3,5-6,9-10,13-16,18,40H,4,7-8,11-12,19-20H2,1-2H3,(H,37,38). The molecule has 11 heteroatoms. The molecular weight excluding hydrogens is 587 g/mol. The SMILES string of the molecule is COc1cc2ncc(C#N)c(Nc3cc(Cl)c(F)cc3CN(CCCCCO)CC(=O)c3ccccc3)c2cc1OC(C)=O. The Morgan fingerprint density at radius 1 is 1.11 bits per heavy atom. The summed E-state index contributed by atoms with van der Waals surface area (Å²) in [4.78, 5) is 31.2. The summed E-state index contributed by atoms with van der Waals surface area (Å²) in [5, 5.41) is 22.7. The van der Waals surface area contributed by atoms with E-state index in [-0.39, 0.29) is 47.6 Å². The monoisotopic (exact) mass is 618 g/mol. The largest absolute Gasteiger partial charge is 0.493 e. The number of hydrogen-bond acceptors (Lipinski definition) is 9. The molecule has 0 aliphatic rings. The molecule has 0 aliphatic carbocycles. The fourth-order valence-corrected chi connectivity index (χ4v) is 4.94. The van der Waals surface area contributed by atoms with Gasteiger partial charge in [-0.1, -0.05) is 41.9 Å². The second-order valence-electron chi connectivity index (χ2n) is 10.1. The molecule has 2 N–H and O–H groups in total. The van der Waals surface area contributed by atoms with Gasteiger partial charge in [-0.2, -0.15) is 5.26 Å². The highest BCUT2D eigenvalue weighted by Crippen LogP contribution is 2.38. The van der Waals surface area contributed by atoms with Gasteiger partial charge < -0.3 is 19.9 Å². The number of carbonyl (C=O) groups is 2. The summed E-state index contributed by atoms with van der Waals surface area (Å²) in [5.41, 5.74) is 2.45. The van der Waals surface area contributed by atoms with Crippen LogP contribution < -0.4 is 14.8 Å². The van der Waals surface area contributed by atoms with E-state index in [4.69, 9.17) is 21.1 Å². The summed E-state index contributed by atoms with van der Waals surface area (Å²) in [6, 6.07) is 16.9. The summed E-state index contributed by atoms with van der Waals surface area (Å²) in [6.07, 6.45) is 3.51. The number of Topliss-reactive ketones (excluding diaryl/α,β-unsaturated/α-hetero) is 1. The van der Waals surface area contributed by atoms with Crippen LogP contribution in [-0.4, -0.2) is 53.5 Å². The highest BCUT2D eigenvalue weighted by Gasteiger charge is 2.20. The Morgan fingerprint density at radius 3 is 2.57 bits per heavy atom. The minimum atomic E-state index is -0.635. The lowest BCUT2D eigenvalue weighted by molar-refractivity contribution is -0.132. The van der Waals surface area contributed by atoms with Crippen molar-refractivity contribution in [2.75, 3.05) is 32.1 Å². The van der Waals surface area contributed by atoms with E-state index in [0.717, 1.165) is 12.8 Å². The molecule has 0 bridgehead atoms. The van der Waals surface area contributed by atoms with Crippen molar-refractivity contribution in [2.45, 2.75) is 32.7 Å². The number of rotatable bonds is 14. The van der Waals surface area contributed by atoms with Gasteiger partial charge in [0.15, 0.2) is 17.3 Å². The highest BCUT2D eigenvalue weighted by molar-refractivity contribution is 6.31. The number of nitriles is 1. The first kappa shape index (κ1) is 32.4. The van der Waals surface area contributed by atoms with Gasteiger partial charge in [-0.15, -0.1) is 0 Å². The molecule has 4 rings (SSSR count). The Morgan fingerprint density at radius 2 is 1.89 bits per heavy atom. The van der Waals surface area contributed by atoms with Crippen molar-refractivity contribution in [1.29, 1.82) is 5.26 Å². The van der Waals surface area contributed by atoms with Crippen LogP contribution in [0.4, 0.5) is 15.8 Å². The van der Waals surface area contributed by atoms with Crippen molar-refractivity contribution >= 4 is 45.6 Å². The topological polar surface area (TPSA) is 125 Å². The van der Waals surface area contributed by atoms with Gasteiger partial charge >= 0.3 is 5.97 Å². The summed E-state index contributed by atoms with van der Waals surface area (Å²) < 4.78 is 25.6. The van der Waals surface area contributed by atoms with Gasteiger partial charge in [0.2, 0.25) is 0 Å². The van der Waals surface area contributed by atoms with Crippen molar-refractivity contribution in [1.82, 2.24) is 9.88 Å². The molecule has 0 unspecified atom stereocenters. The summed E-state index contributed by atoms with van der Waals surface area (Å²) in [7, 11) is 1.43. The zero-order chi connectivity index (χ0) is 31.6. The van der Waals surface area contributed by atoms with E-state index in [2.05, 4.69) is 16.4 Å². The first-order valence-corrected chi connectivity index (χ1v) is 14.4. The molecule has 0 radical (unpaired) electrons. The van der Waals surface area contributed by atoms with Crippen LogP contribution in [0.1, 0.15) is 47.7 Å². The number of methoxy groups -OCH3 is 1. The van der Waals surface area contributed by atoms with E-state index in [1.807, 2.05) is 11.0 Å². The molecule has 1 heterocycles. The number of nitrogens with one attached hydrogen (secondary N) is 1. The minimum Gasteiger partial charge on any atom is -0.493 e. The maximum Gasteiger partial charge on any atom is 0.308 e. The van der Waals surface area contributed by atoms with Crippen LogP contribution in [0.3, 0.4) is 0 Å². The van der Waals surface area contributed by atoms with E-state index in [9.17, 15) is 24.3 Å². The number of halogens is 2. The molecular formula is C33H32ClFN4O5. The third kappa shape index (κ3) is 8.08. The summed E-state index contributed by atoms with van der Waals surface area (Å²) in [5.74, 6) is -0.864. The number of aliphatic hydroxyl groups is 1. The van der Waals surface area contributed by atoms with E-state index in [1.165, 1.54) is 32.4 Å². The van der Waals surface area contributed by atoms with Crippen LogP contribution >= 0.6 is 11.6 Å². The van der Waals surface area contributed by atoms with Crippen LogP contribution in [0.25, 0.3) is 10.9 Å². The van der Waals surface area contributed by atoms with Gasteiger partial charge in [0, 0.05) is 49.0 Å². The number of esters is 1. The van der Waals surface area contributed by atoms with Crippen molar-refractivity contribution in [3.63, 3.8) is 0 Å². The predicted octanol–water partition coefficient (Wildman–Crippen LogP) is 6.42. The Bertz CT molecular complexity index is 1690. The number of pyridine rings is 1. The Kier molecular flexibility index (Phi) is 11.2. The number of ether oxygens (including phenoxy) is 2. The Hall–Kier alpha value is -4.56. The second-order valence-corrected chi connectivity index (χ2v) is 10.5. The average Bonchev–Trinajstić information content (AvgIpc) is 3.01. The molecule has 0 spiro atoms. The van der Waals surface area contributed by atoms with Crippen LogP contribution in [0.2, 0.25) is 5.02 Å². The average molecular weight is 619 g/mol. The van der Waals surface area contributed by atoms with E-state index in [1.54, 1.807) is 36.4 Å². The van der Waals surface area contributed by atoms with Crippen molar-refractivity contribution in [2.24, 2.45) is 0 Å². The lowest BCUT2D eigenvalue weighted by Crippen LogP contribution is -2.31. The molecule has 228 valence electrons. The van der Waals surface area contributed by atoms with Gasteiger partial charge in [0.25, 0.3) is 0 Å². The molecule has 0 aliphatic heterocycles. The number of aromatic nitrogens is 1. The Labute approximate surface area is 259 Å². The first-order valence-electron chi connectivity index (χ1n) is 14.0. The number of unbranched alkanes of at least 4 members (excludes halogenated alkanes) is 2. The molecule has 44 heavy (non-hydrogen) atoms. The van der Waals surface area contributed by atoms with Gasteiger partial charge in [0.05, 0.1) is 35.4 Å². The third-order valence-corrected chi connectivity index (χ3v) is 7.21. The van der Waals surface area contributed by atoms with Crippen molar-refractivity contribution in [3.05, 3.63) is 88.3 Å². The van der Waals surface area contributed by atoms with Crippen molar-refractivity contribution in [3.8, 4) is 17.6 Å². The maximum atomic E-state index is 14.9. The fraction of sp³-hybridized carbons (Fsp3) is 0.273. The van der Waals surface area contributed by atoms with Crippen LogP contribution in [-0.2, 0) is 11.3 Å². The summed E-state index contributed by atoms with van der Waals surface area (Å²) >= 11 is 6.23. The lowest BCUT2D eigenvalue weighted by atomic mass is 10.1. The van der Waals surface area contributed by atoms with Gasteiger partial charge in [-0.3, -0.25) is 19.5 Å². The zero-order valence-corrected chi connectivity index (χ0v) is 25.2. The van der Waals surface area contributed by atoms with Crippen LogP contribution in [0.5, 0.6) is 11.5 Å². The van der Waals surface area contributed by atoms with Crippen LogP contribution in [0, 0.1) is 17.1 Å². The number of anilines is 2. The highest BCUT2D eigenvalue weighted by atomic mass is 35.5. The Balaban J connectivity index is 1.75. The smallest absolute Gasteiger partial charge is 0.308 e. The molecule has 0 atom stereocenters. The lowest BCUT2D eigenvalue weighted by Gasteiger charge is -2.24. The van der Waals surface area contributed by atoms with Crippen molar-refractivity contribution < 1.29 is 28.6 Å². The van der Waals surface area contributed by atoms with Gasteiger partial charge in [0.1, 0.15) is 11.9 Å². The molecule has 0 fully saturated rings. The number of hydrogen-bond donors (Lipinski definition) is 2. The van der Waals surface area contributed by atoms with E-state index < -0.39 is 11.8 Å². The molecule has 0 saturated carbocycles. The first-order chi connectivity index (χ1) is 21.2. The van der Waals surface area contributed by atoms with Crippen LogP contribution in [0.15, 0.2) is 60.8 Å². The minimum absolute atomic E-state index is 0.0750. The third-order valence-electron chi connectivity index (χ3n) is 6.92. The predicted molar refractivity (Wildman–Crippen MR) is 166 cm³/mol. The quantitative estimate of drug-likeness (QED) is 0.0712. The number of carbonyl (C=O) groups excluding carboxylic acids is 2. The molecule has 0 saturated heterocycles. The zero-order valence-electron chi connectivity index (χ0n) is 24.4. The molecule has 9 nitrogen and oxygen atoms in total. The van der Waals surface area contributed by atoms with Gasteiger partial charge in [-0.05, 0) is 49.6 Å². The maximum absolute atomic E-state index is 14.9. The second kappa shape index (κ2) is 15.3. The molecule has 1 aromatic heterocycles. The number of nitrogens with zero attached hydrogens (tertiary/aromatic N) is 3. The molecule has 0 amide bonds. The number of fused-ring (bicyclic) bond motifs is 1. The molecule has 3 aromatic carbocycles.